The highest BCUT2D eigenvalue weighted by Gasteiger charge is 2.14. The van der Waals surface area contributed by atoms with E-state index < -0.39 is 10.5 Å². The fourth-order valence-corrected chi connectivity index (χ4v) is 1.58. The van der Waals surface area contributed by atoms with Gasteiger partial charge in [0.25, 0.3) is 11.2 Å². The highest BCUT2D eigenvalue weighted by molar-refractivity contribution is 5.37. The van der Waals surface area contributed by atoms with E-state index in [2.05, 4.69) is 5.16 Å². The molecule has 0 saturated carbocycles. The number of rotatable bonds is 3. The lowest BCUT2D eigenvalue weighted by atomic mass is 10.2. The minimum Gasteiger partial charge on any atom is -0.359 e. The predicted octanol–water partition coefficient (Wildman–Crippen LogP) is 0.973. The van der Waals surface area contributed by atoms with Crippen LogP contribution in [-0.2, 0) is 6.54 Å². The van der Waals surface area contributed by atoms with Crippen LogP contribution in [-0.4, -0.2) is 14.6 Å². The largest absolute Gasteiger partial charge is 0.359 e. The van der Waals surface area contributed by atoms with Gasteiger partial charge in [-0.05, 0) is 6.92 Å². The van der Waals surface area contributed by atoms with Gasteiger partial charge in [0.1, 0.15) is 11.6 Å². The molecule has 0 unspecified atom stereocenters. The minimum absolute atomic E-state index is 0.0178. The Bertz CT molecular complexity index is 738. The number of nitriles is 1. The molecule has 2 aromatic heterocycles. The normalized spacial score (nSPS) is 10.1. The molecule has 0 saturated heterocycles. The number of hydrogen-bond donors (Lipinski definition) is 0. The van der Waals surface area contributed by atoms with Crippen LogP contribution in [0.1, 0.15) is 17.0 Å². The molecule has 2 aromatic rings. The summed E-state index contributed by atoms with van der Waals surface area (Å²) in [6.07, 6.45) is 1.07. The highest BCUT2D eigenvalue weighted by Crippen LogP contribution is 2.11. The summed E-state index contributed by atoms with van der Waals surface area (Å²) in [5.74, 6) is 0.379. The second-order valence-electron chi connectivity index (χ2n) is 3.85. The molecule has 0 aromatic carbocycles. The van der Waals surface area contributed by atoms with Crippen molar-refractivity contribution < 1.29 is 9.45 Å². The Balaban J connectivity index is 2.50. The van der Waals surface area contributed by atoms with E-state index in [1.54, 1.807) is 19.1 Å². The summed E-state index contributed by atoms with van der Waals surface area (Å²) in [5, 5.41) is 23.2. The fraction of sp³-hybridized carbons (Fsp3) is 0.182. The SMILES string of the molecule is Cc1cc(Cn2cc([N+](=O)[O-])cc(C#N)c2=O)on1. The summed E-state index contributed by atoms with van der Waals surface area (Å²) < 4.78 is 5.99. The van der Waals surface area contributed by atoms with Crippen molar-refractivity contribution in [1.29, 1.82) is 5.26 Å². The van der Waals surface area contributed by atoms with E-state index in [-0.39, 0.29) is 17.8 Å². The van der Waals surface area contributed by atoms with Crippen molar-refractivity contribution in [1.82, 2.24) is 9.72 Å². The second-order valence-corrected chi connectivity index (χ2v) is 3.85. The summed E-state index contributed by atoms with van der Waals surface area (Å²) in [7, 11) is 0. The Morgan fingerprint density at radius 1 is 1.58 bits per heavy atom. The van der Waals surface area contributed by atoms with Crippen molar-refractivity contribution >= 4 is 5.69 Å². The Morgan fingerprint density at radius 2 is 2.32 bits per heavy atom. The van der Waals surface area contributed by atoms with Gasteiger partial charge in [0.05, 0.1) is 23.4 Å². The molecular weight excluding hydrogens is 252 g/mol. The zero-order chi connectivity index (χ0) is 14.0. The molecule has 2 heterocycles. The standard InChI is InChI=1S/C11H8N4O4/c1-7-2-10(19-13-7)6-14-5-9(15(17)18)3-8(4-12)11(14)16/h2-3,5H,6H2,1H3. The first kappa shape index (κ1) is 12.5. The van der Waals surface area contributed by atoms with Crippen LogP contribution >= 0.6 is 0 Å². The van der Waals surface area contributed by atoms with Crippen molar-refractivity contribution in [3.05, 3.63) is 55.8 Å². The van der Waals surface area contributed by atoms with Crippen LogP contribution in [0.3, 0.4) is 0 Å². The molecule has 0 spiro atoms. The zero-order valence-electron chi connectivity index (χ0n) is 9.86. The number of nitro groups is 1. The second kappa shape index (κ2) is 4.73. The van der Waals surface area contributed by atoms with Gasteiger partial charge in [-0.15, -0.1) is 0 Å². The highest BCUT2D eigenvalue weighted by atomic mass is 16.6. The lowest BCUT2D eigenvalue weighted by Crippen LogP contribution is -2.23. The fourth-order valence-electron chi connectivity index (χ4n) is 1.58. The maximum absolute atomic E-state index is 11.8. The van der Waals surface area contributed by atoms with E-state index in [0.717, 1.165) is 16.8 Å². The smallest absolute Gasteiger partial charge is 0.287 e. The number of nitrogens with zero attached hydrogens (tertiary/aromatic N) is 4. The number of aromatic nitrogens is 2. The lowest BCUT2D eigenvalue weighted by molar-refractivity contribution is -0.385. The average molecular weight is 260 g/mol. The van der Waals surface area contributed by atoms with Crippen LogP contribution in [0.15, 0.2) is 27.6 Å². The molecule has 0 aliphatic heterocycles. The van der Waals surface area contributed by atoms with Crippen molar-refractivity contribution in [3.63, 3.8) is 0 Å². The van der Waals surface area contributed by atoms with Crippen LogP contribution in [0.25, 0.3) is 0 Å². The van der Waals surface area contributed by atoms with Gasteiger partial charge < -0.3 is 4.52 Å². The summed E-state index contributed by atoms with van der Waals surface area (Å²) >= 11 is 0. The molecule has 0 aliphatic carbocycles. The topological polar surface area (TPSA) is 115 Å². The molecule has 0 bridgehead atoms. The summed E-state index contributed by atoms with van der Waals surface area (Å²) in [4.78, 5) is 21.9. The van der Waals surface area contributed by atoms with Gasteiger partial charge in [0.2, 0.25) is 0 Å². The van der Waals surface area contributed by atoms with Gasteiger partial charge >= 0.3 is 0 Å². The molecule has 2 rings (SSSR count). The summed E-state index contributed by atoms with van der Waals surface area (Å²) in [6.45, 7) is 1.69. The third kappa shape index (κ3) is 2.50. The molecule has 0 amide bonds. The van der Waals surface area contributed by atoms with Crippen molar-refractivity contribution in [2.24, 2.45) is 0 Å². The third-order valence-corrected chi connectivity index (χ3v) is 2.41. The number of aryl methyl sites for hydroxylation is 1. The summed E-state index contributed by atoms with van der Waals surface area (Å²) in [6, 6.07) is 4.20. The first-order valence-electron chi connectivity index (χ1n) is 5.22. The Hall–Kier alpha value is -2.95. The molecular formula is C11H8N4O4. The van der Waals surface area contributed by atoms with Crippen molar-refractivity contribution in [2.75, 3.05) is 0 Å². The van der Waals surface area contributed by atoms with Gasteiger partial charge in [-0.2, -0.15) is 5.26 Å². The van der Waals surface area contributed by atoms with E-state index in [1.165, 1.54) is 0 Å². The van der Waals surface area contributed by atoms with E-state index in [1.807, 2.05) is 0 Å². The molecule has 0 radical (unpaired) electrons. The quantitative estimate of drug-likeness (QED) is 0.599. The molecule has 19 heavy (non-hydrogen) atoms. The Morgan fingerprint density at radius 3 is 2.84 bits per heavy atom. The predicted molar refractivity (Wildman–Crippen MR) is 62.4 cm³/mol. The van der Waals surface area contributed by atoms with Gasteiger partial charge in [-0.25, -0.2) is 0 Å². The monoisotopic (exact) mass is 260 g/mol. The molecule has 0 atom stereocenters. The molecule has 0 fully saturated rings. The van der Waals surface area contributed by atoms with Crippen molar-refractivity contribution in [3.8, 4) is 6.07 Å². The van der Waals surface area contributed by atoms with E-state index in [9.17, 15) is 14.9 Å². The molecule has 8 nitrogen and oxygen atoms in total. The first-order chi connectivity index (χ1) is 9.01. The van der Waals surface area contributed by atoms with E-state index >= 15 is 0 Å². The van der Waals surface area contributed by atoms with Gasteiger partial charge in [0, 0.05) is 12.1 Å². The minimum atomic E-state index is -0.664. The average Bonchev–Trinajstić information content (AvgIpc) is 2.77. The maximum atomic E-state index is 11.8. The zero-order valence-corrected chi connectivity index (χ0v) is 9.86. The van der Waals surface area contributed by atoms with Crippen molar-refractivity contribution in [2.45, 2.75) is 13.5 Å². The molecule has 0 N–H and O–H groups in total. The molecule has 8 heteroatoms. The van der Waals surface area contributed by atoms with Gasteiger partial charge in [0.15, 0.2) is 5.76 Å². The summed E-state index contributed by atoms with van der Waals surface area (Å²) in [5.41, 5.74) is -0.589. The van der Waals surface area contributed by atoms with Crippen LogP contribution in [0, 0.1) is 28.4 Å². The van der Waals surface area contributed by atoms with Crippen LogP contribution in [0.2, 0.25) is 0 Å². The molecule has 0 aliphatic rings. The Labute approximate surface area is 106 Å². The van der Waals surface area contributed by atoms with E-state index in [4.69, 9.17) is 9.78 Å². The first-order valence-corrected chi connectivity index (χ1v) is 5.22. The molecule has 96 valence electrons. The number of pyridine rings is 1. The van der Waals surface area contributed by atoms with E-state index in [0.29, 0.717) is 11.5 Å². The Kier molecular flexibility index (Phi) is 3.12. The van der Waals surface area contributed by atoms with Gasteiger partial charge in [-0.1, -0.05) is 5.16 Å². The van der Waals surface area contributed by atoms with Gasteiger partial charge in [-0.3, -0.25) is 19.5 Å². The third-order valence-electron chi connectivity index (χ3n) is 2.41. The van der Waals surface area contributed by atoms with Crippen LogP contribution in [0.4, 0.5) is 5.69 Å². The van der Waals surface area contributed by atoms with Crippen LogP contribution < -0.4 is 5.56 Å². The maximum Gasteiger partial charge on any atom is 0.287 e. The van der Waals surface area contributed by atoms with Crippen LogP contribution in [0.5, 0.6) is 0 Å². The lowest BCUT2D eigenvalue weighted by Gasteiger charge is -2.03. The number of hydrogen-bond acceptors (Lipinski definition) is 6.